The van der Waals surface area contributed by atoms with E-state index in [-0.39, 0.29) is 6.04 Å². The number of aromatic nitrogens is 2. The molecule has 0 spiro atoms. The van der Waals surface area contributed by atoms with Gasteiger partial charge in [0.05, 0.1) is 43.7 Å². The Morgan fingerprint density at radius 2 is 1.97 bits per heavy atom. The minimum atomic E-state index is -0.0393. The van der Waals surface area contributed by atoms with E-state index in [4.69, 9.17) is 9.47 Å². The minimum Gasteiger partial charge on any atom is -0.496 e. The molecule has 7 heteroatoms. The standard InChI is InChI=1S/C25H29N5O2/c1-16-19(14-26)6-5-7-21(16)17(2)27-25-23-13-24(31-4)20(12-22(23)18(3)28-29-25)15-30-8-10-32-11-9-30/h5-7,12-13,17H,8-11,15H2,1-4H3,(H,27,29). The molecule has 0 saturated carbocycles. The highest BCUT2D eigenvalue weighted by atomic mass is 16.5. The lowest BCUT2D eigenvalue weighted by molar-refractivity contribution is 0.0339. The number of fused-ring (bicyclic) bond motifs is 1. The molecule has 0 bridgehead atoms. The molecule has 2 aromatic carbocycles. The van der Waals surface area contributed by atoms with Gasteiger partial charge in [-0.1, -0.05) is 12.1 Å². The van der Waals surface area contributed by atoms with Crippen LogP contribution in [0.3, 0.4) is 0 Å². The van der Waals surface area contributed by atoms with Crippen molar-refractivity contribution in [3.8, 4) is 11.8 Å². The number of ether oxygens (including phenoxy) is 2. The van der Waals surface area contributed by atoms with Gasteiger partial charge in [-0.15, -0.1) is 5.10 Å². The number of nitrogens with one attached hydrogen (secondary N) is 1. The first-order valence-corrected chi connectivity index (χ1v) is 10.9. The fraction of sp³-hybridized carbons (Fsp3) is 0.400. The molecule has 1 fully saturated rings. The van der Waals surface area contributed by atoms with Crippen LogP contribution in [-0.2, 0) is 11.3 Å². The van der Waals surface area contributed by atoms with Crippen LogP contribution in [0.4, 0.5) is 5.82 Å². The van der Waals surface area contributed by atoms with Crippen LogP contribution in [0.15, 0.2) is 30.3 Å². The lowest BCUT2D eigenvalue weighted by Gasteiger charge is -2.27. The van der Waals surface area contributed by atoms with E-state index in [9.17, 15) is 5.26 Å². The smallest absolute Gasteiger partial charge is 0.157 e. The normalized spacial score (nSPS) is 15.3. The van der Waals surface area contributed by atoms with Crippen LogP contribution in [-0.4, -0.2) is 48.5 Å². The van der Waals surface area contributed by atoms with Gasteiger partial charge < -0.3 is 14.8 Å². The Labute approximate surface area is 189 Å². The number of hydrogen-bond donors (Lipinski definition) is 1. The van der Waals surface area contributed by atoms with E-state index < -0.39 is 0 Å². The van der Waals surface area contributed by atoms with E-state index in [1.165, 1.54) is 0 Å². The zero-order chi connectivity index (χ0) is 22.7. The molecule has 0 amide bonds. The predicted molar refractivity (Wildman–Crippen MR) is 125 cm³/mol. The van der Waals surface area contributed by atoms with Gasteiger partial charge in [-0.2, -0.15) is 10.4 Å². The first-order chi connectivity index (χ1) is 15.5. The van der Waals surface area contributed by atoms with E-state index in [1.807, 2.05) is 32.0 Å². The van der Waals surface area contributed by atoms with Gasteiger partial charge >= 0.3 is 0 Å². The third-order valence-electron chi connectivity index (χ3n) is 6.18. The topological polar surface area (TPSA) is 83.3 Å². The van der Waals surface area contributed by atoms with Crippen molar-refractivity contribution in [2.75, 3.05) is 38.7 Å². The van der Waals surface area contributed by atoms with Crippen molar-refractivity contribution >= 4 is 16.6 Å². The van der Waals surface area contributed by atoms with Crippen LogP contribution in [0.25, 0.3) is 10.8 Å². The second kappa shape index (κ2) is 9.51. The maximum atomic E-state index is 9.37. The second-order valence-electron chi connectivity index (χ2n) is 8.23. The van der Waals surface area contributed by atoms with Crippen LogP contribution in [0.5, 0.6) is 5.75 Å². The highest BCUT2D eigenvalue weighted by Crippen LogP contribution is 2.33. The van der Waals surface area contributed by atoms with Crippen molar-refractivity contribution in [1.82, 2.24) is 15.1 Å². The molecule has 2 heterocycles. The van der Waals surface area contributed by atoms with Crippen molar-refractivity contribution in [2.45, 2.75) is 33.4 Å². The maximum absolute atomic E-state index is 9.37. The molecule has 1 saturated heterocycles. The van der Waals surface area contributed by atoms with Crippen molar-refractivity contribution in [3.63, 3.8) is 0 Å². The molecule has 0 aliphatic carbocycles. The van der Waals surface area contributed by atoms with E-state index in [0.717, 1.165) is 71.8 Å². The van der Waals surface area contributed by atoms with E-state index in [1.54, 1.807) is 7.11 Å². The highest BCUT2D eigenvalue weighted by molar-refractivity contribution is 5.95. The Morgan fingerprint density at radius 3 is 2.69 bits per heavy atom. The fourth-order valence-electron chi connectivity index (χ4n) is 4.30. The van der Waals surface area contributed by atoms with Gasteiger partial charge in [-0.05, 0) is 50.1 Å². The summed E-state index contributed by atoms with van der Waals surface area (Å²) < 4.78 is 11.2. The zero-order valence-corrected chi connectivity index (χ0v) is 19.1. The summed E-state index contributed by atoms with van der Waals surface area (Å²) in [4.78, 5) is 2.38. The molecule has 4 rings (SSSR count). The lowest BCUT2D eigenvalue weighted by Crippen LogP contribution is -2.35. The molecule has 166 valence electrons. The van der Waals surface area contributed by atoms with Gasteiger partial charge in [0.2, 0.25) is 0 Å². The van der Waals surface area contributed by atoms with Gasteiger partial charge in [0.15, 0.2) is 5.82 Å². The molecule has 1 aromatic heterocycles. The van der Waals surface area contributed by atoms with Gasteiger partial charge in [-0.25, -0.2) is 0 Å². The predicted octanol–water partition coefficient (Wildman–Crippen LogP) is 4.13. The third kappa shape index (κ3) is 4.38. The van der Waals surface area contributed by atoms with Gasteiger partial charge in [0.25, 0.3) is 0 Å². The number of benzene rings is 2. The Morgan fingerprint density at radius 1 is 1.19 bits per heavy atom. The fourth-order valence-corrected chi connectivity index (χ4v) is 4.30. The number of nitrogens with zero attached hydrogens (tertiary/aromatic N) is 4. The van der Waals surface area contributed by atoms with Gasteiger partial charge in [0.1, 0.15) is 5.75 Å². The highest BCUT2D eigenvalue weighted by Gasteiger charge is 2.18. The summed E-state index contributed by atoms with van der Waals surface area (Å²) in [5.41, 5.74) is 4.74. The molecular formula is C25H29N5O2. The second-order valence-corrected chi connectivity index (χ2v) is 8.23. The number of aryl methyl sites for hydroxylation is 1. The van der Waals surface area contributed by atoms with Gasteiger partial charge in [0, 0.05) is 36.0 Å². The van der Waals surface area contributed by atoms with E-state index >= 15 is 0 Å². The summed E-state index contributed by atoms with van der Waals surface area (Å²) >= 11 is 0. The molecule has 1 N–H and O–H groups in total. The molecule has 0 radical (unpaired) electrons. The zero-order valence-electron chi connectivity index (χ0n) is 19.1. The van der Waals surface area contributed by atoms with Crippen molar-refractivity contribution in [1.29, 1.82) is 5.26 Å². The summed E-state index contributed by atoms with van der Waals surface area (Å²) in [5.74, 6) is 1.55. The molecule has 3 aromatic rings. The number of anilines is 1. The van der Waals surface area contributed by atoms with Gasteiger partial charge in [-0.3, -0.25) is 4.90 Å². The molecule has 1 unspecified atom stereocenters. The Kier molecular flexibility index (Phi) is 6.54. The van der Waals surface area contributed by atoms with Crippen molar-refractivity contribution in [3.05, 3.63) is 58.3 Å². The molecular weight excluding hydrogens is 402 g/mol. The number of nitriles is 1. The largest absolute Gasteiger partial charge is 0.496 e. The maximum Gasteiger partial charge on any atom is 0.157 e. The van der Waals surface area contributed by atoms with Crippen LogP contribution in [0.2, 0.25) is 0 Å². The van der Waals surface area contributed by atoms with Crippen LogP contribution in [0.1, 0.15) is 40.9 Å². The number of hydrogen-bond acceptors (Lipinski definition) is 7. The summed E-state index contributed by atoms with van der Waals surface area (Å²) in [6, 6.07) is 12.2. The first kappa shape index (κ1) is 22.0. The Bertz CT molecular complexity index is 1170. The summed E-state index contributed by atoms with van der Waals surface area (Å²) in [6.45, 7) is 10.2. The SMILES string of the molecule is COc1cc2c(NC(C)c3cccc(C#N)c3C)nnc(C)c2cc1CN1CCOCC1. The summed E-state index contributed by atoms with van der Waals surface area (Å²) in [7, 11) is 1.71. The Balaban J connectivity index is 1.70. The third-order valence-corrected chi connectivity index (χ3v) is 6.18. The molecule has 1 aliphatic rings. The Hall–Kier alpha value is -3.21. The molecule has 1 atom stereocenters. The van der Waals surface area contributed by atoms with Crippen molar-refractivity contribution in [2.24, 2.45) is 0 Å². The average molecular weight is 432 g/mol. The van der Waals surface area contributed by atoms with Crippen LogP contribution >= 0.6 is 0 Å². The number of rotatable bonds is 6. The van der Waals surface area contributed by atoms with E-state index in [0.29, 0.717) is 11.4 Å². The average Bonchev–Trinajstić information content (AvgIpc) is 2.81. The van der Waals surface area contributed by atoms with Crippen LogP contribution in [0, 0.1) is 25.2 Å². The number of morpholine rings is 1. The van der Waals surface area contributed by atoms with Crippen molar-refractivity contribution < 1.29 is 9.47 Å². The first-order valence-electron chi connectivity index (χ1n) is 10.9. The van der Waals surface area contributed by atoms with Crippen LogP contribution < -0.4 is 10.1 Å². The molecule has 32 heavy (non-hydrogen) atoms. The minimum absolute atomic E-state index is 0.0393. The number of methoxy groups -OCH3 is 1. The van der Waals surface area contributed by atoms with E-state index in [2.05, 4.69) is 45.5 Å². The monoisotopic (exact) mass is 431 g/mol. The molecule has 1 aliphatic heterocycles. The molecule has 7 nitrogen and oxygen atoms in total. The quantitative estimate of drug-likeness (QED) is 0.628. The summed E-state index contributed by atoms with van der Waals surface area (Å²) in [5, 5.41) is 23.8. The summed E-state index contributed by atoms with van der Waals surface area (Å²) in [6.07, 6.45) is 0. The lowest BCUT2D eigenvalue weighted by atomic mass is 9.98.